The van der Waals surface area contributed by atoms with E-state index in [1.54, 1.807) is 0 Å². The van der Waals surface area contributed by atoms with Crippen molar-refractivity contribution in [3.8, 4) is 11.8 Å². The summed E-state index contributed by atoms with van der Waals surface area (Å²) in [5, 5.41) is 10.6. The van der Waals surface area contributed by atoms with E-state index in [9.17, 15) is 14.9 Å². The maximum Gasteiger partial charge on any atom is 0.270 e. The number of carbonyl (C=O) groups is 1. The van der Waals surface area contributed by atoms with E-state index < -0.39 is 4.92 Å². The summed E-state index contributed by atoms with van der Waals surface area (Å²) < 4.78 is 0. The van der Waals surface area contributed by atoms with Gasteiger partial charge >= 0.3 is 0 Å². The van der Waals surface area contributed by atoms with Crippen molar-refractivity contribution in [2.45, 2.75) is 0 Å². The second kappa shape index (κ2) is 6.83. The van der Waals surface area contributed by atoms with Crippen molar-refractivity contribution in [2.24, 2.45) is 0 Å². The van der Waals surface area contributed by atoms with Gasteiger partial charge in [-0.2, -0.15) is 0 Å². The number of non-ortho nitro benzene ring substituents is 1. The molecule has 21 heavy (non-hydrogen) atoms. The van der Waals surface area contributed by atoms with Crippen molar-refractivity contribution >= 4 is 11.5 Å². The summed E-state index contributed by atoms with van der Waals surface area (Å²) in [5.74, 6) is 5.32. The van der Waals surface area contributed by atoms with E-state index in [1.807, 2.05) is 30.3 Å². The molecule has 4 heteroatoms. The molecule has 0 atom stereocenters. The van der Waals surface area contributed by atoms with Crippen molar-refractivity contribution < 1.29 is 9.72 Å². The minimum absolute atomic E-state index is 0.107. The molecule has 102 valence electrons. The first kappa shape index (κ1) is 14.2. The summed E-state index contributed by atoms with van der Waals surface area (Å²) in [6, 6.07) is 15.0. The molecule has 0 radical (unpaired) electrons. The van der Waals surface area contributed by atoms with Gasteiger partial charge in [0.2, 0.25) is 0 Å². The molecule has 0 N–H and O–H groups in total. The van der Waals surface area contributed by atoms with E-state index in [1.165, 1.54) is 36.4 Å². The predicted molar refractivity (Wildman–Crippen MR) is 79.9 cm³/mol. The predicted octanol–water partition coefficient (Wildman–Crippen LogP) is 3.39. The average molecular weight is 277 g/mol. The van der Waals surface area contributed by atoms with Crippen LogP contribution in [0, 0.1) is 22.0 Å². The van der Waals surface area contributed by atoms with Crippen LogP contribution in [0.3, 0.4) is 0 Å². The van der Waals surface area contributed by atoms with Gasteiger partial charge in [-0.1, -0.05) is 42.2 Å². The Balaban J connectivity index is 2.08. The number of nitro groups is 1. The molecule has 0 amide bonds. The monoisotopic (exact) mass is 277 g/mol. The third-order valence-corrected chi connectivity index (χ3v) is 2.65. The van der Waals surface area contributed by atoms with Crippen molar-refractivity contribution in [1.29, 1.82) is 0 Å². The maximum atomic E-state index is 11.9. The summed E-state index contributed by atoms with van der Waals surface area (Å²) in [6.07, 6.45) is 2.74. The number of allylic oxidation sites excluding steroid dienone is 2. The van der Waals surface area contributed by atoms with Crippen LogP contribution >= 0.6 is 0 Å². The fraction of sp³-hybridized carbons (Fsp3) is 0. The van der Waals surface area contributed by atoms with Gasteiger partial charge in [-0.25, -0.2) is 0 Å². The maximum absolute atomic E-state index is 11.9. The molecule has 2 aromatic carbocycles. The summed E-state index contributed by atoms with van der Waals surface area (Å²) in [5.41, 5.74) is 1.01. The number of hydrogen-bond acceptors (Lipinski definition) is 3. The number of rotatable bonds is 3. The molecule has 0 saturated heterocycles. The van der Waals surface area contributed by atoms with Crippen LogP contribution in [0.5, 0.6) is 0 Å². The first-order chi connectivity index (χ1) is 10.2. The highest BCUT2D eigenvalue weighted by Gasteiger charge is 2.08. The van der Waals surface area contributed by atoms with Crippen molar-refractivity contribution in [3.63, 3.8) is 0 Å². The number of ketones is 1. The fourth-order valence-electron chi connectivity index (χ4n) is 1.63. The third-order valence-electron chi connectivity index (χ3n) is 2.65. The number of carbonyl (C=O) groups excluding carboxylic acids is 1. The van der Waals surface area contributed by atoms with Gasteiger partial charge in [0.15, 0.2) is 5.78 Å². The highest BCUT2D eigenvalue weighted by Crippen LogP contribution is 2.13. The smallest absolute Gasteiger partial charge is 0.270 e. The normalized spacial score (nSPS) is 9.90. The second-order valence-electron chi connectivity index (χ2n) is 4.14. The van der Waals surface area contributed by atoms with Crippen molar-refractivity contribution in [1.82, 2.24) is 0 Å². The van der Waals surface area contributed by atoms with Gasteiger partial charge in [-0.3, -0.25) is 14.9 Å². The molecule has 0 aliphatic rings. The average Bonchev–Trinajstić information content (AvgIpc) is 2.52. The van der Waals surface area contributed by atoms with Gasteiger partial charge in [-0.05, 0) is 24.3 Å². The molecule has 0 unspecified atom stereocenters. The zero-order chi connectivity index (χ0) is 15.1. The molecule has 0 heterocycles. The van der Waals surface area contributed by atoms with Gasteiger partial charge < -0.3 is 0 Å². The molecule has 0 aliphatic heterocycles. The molecule has 2 rings (SSSR count). The second-order valence-corrected chi connectivity index (χ2v) is 4.14. The molecule has 2 aromatic rings. The number of benzene rings is 2. The van der Waals surface area contributed by atoms with Crippen LogP contribution in [-0.4, -0.2) is 10.7 Å². The van der Waals surface area contributed by atoms with Crippen LogP contribution in [0.15, 0.2) is 66.7 Å². The topological polar surface area (TPSA) is 60.2 Å². The molecular weight excluding hydrogens is 266 g/mol. The lowest BCUT2D eigenvalue weighted by Crippen LogP contribution is -1.96. The molecule has 0 aromatic heterocycles. The standard InChI is InChI=1S/C17H11NO3/c19-17(15-10-6-11-16(13-15)18(20)21)12-5-4-9-14-7-2-1-3-8-14/h1-3,5-8,10-13H/b12-5+. The summed E-state index contributed by atoms with van der Waals surface area (Å²) in [6.45, 7) is 0. The Hall–Kier alpha value is -3.19. The van der Waals surface area contributed by atoms with Gasteiger partial charge in [0.1, 0.15) is 0 Å². The number of nitrogens with zero attached hydrogens (tertiary/aromatic N) is 1. The summed E-state index contributed by atoms with van der Waals surface area (Å²) in [7, 11) is 0. The summed E-state index contributed by atoms with van der Waals surface area (Å²) in [4.78, 5) is 22.0. The first-order valence-electron chi connectivity index (χ1n) is 6.19. The minimum Gasteiger partial charge on any atom is -0.289 e. The van der Waals surface area contributed by atoms with Crippen LogP contribution in [0.1, 0.15) is 15.9 Å². The molecule has 0 spiro atoms. The minimum atomic E-state index is -0.532. The van der Waals surface area contributed by atoms with Crippen LogP contribution in [-0.2, 0) is 0 Å². The summed E-state index contributed by atoms with van der Waals surface area (Å²) >= 11 is 0. The Morgan fingerprint density at radius 2 is 1.86 bits per heavy atom. The number of nitro benzene ring substituents is 1. The molecule has 0 saturated carbocycles. The molecular formula is C17H11NO3. The van der Waals surface area contributed by atoms with Crippen LogP contribution in [0.25, 0.3) is 0 Å². The Labute approximate surface area is 121 Å². The SMILES string of the molecule is O=C(/C=C/C#Cc1ccccc1)c1cccc([N+](=O)[O-])c1. The molecule has 0 fully saturated rings. The first-order valence-corrected chi connectivity index (χ1v) is 6.19. The van der Waals surface area contributed by atoms with Crippen molar-refractivity contribution in [2.75, 3.05) is 0 Å². The van der Waals surface area contributed by atoms with Crippen LogP contribution < -0.4 is 0 Å². The van der Waals surface area contributed by atoms with Gasteiger partial charge in [0.25, 0.3) is 5.69 Å². The Bertz CT molecular complexity index is 752. The van der Waals surface area contributed by atoms with E-state index >= 15 is 0 Å². The van der Waals surface area contributed by atoms with E-state index in [0.29, 0.717) is 0 Å². The highest BCUT2D eigenvalue weighted by molar-refractivity contribution is 6.05. The molecule has 0 bridgehead atoms. The van der Waals surface area contributed by atoms with Crippen molar-refractivity contribution in [3.05, 3.63) is 88.0 Å². The van der Waals surface area contributed by atoms with Crippen LogP contribution in [0.2, 0.25) is 0 Å². The Morgan fingerprint density at radius 3 is 2.57 bits per heavy atom. The van der Waals surface area contributed by atoms with Gasteiger partial charge in [0, 0.05) is 23.3 Å². The fourth-order valence-corrected chi connectivity index (χ4v) is 1.63. The van der Waals surface area contributed by atoms with E-state index in [2.05, 4.69) is 11.8 Å². The zero-order valence-electron chi connectivity index (χ0n) is 11.0. The lowest BCUT2D eigenvalue weighted by atomic mass is 10.1. The molecule has 4 nitrogen and oxygen atoms in total. The third kappa shape index (κ3) is 4.15. The lowest BCUT2D eigenvalue weighted by Gasteiger charge is -1.95. The Morgan fingerprint density at radius 1 is 1.10 bits per heavy atom. The van der Waals surface area contributed by atoms with Gasteiger partial charge in [-0.15, -0.1) is 0 Å². The quantitative estimate of drug-likeness (QED) is 0.284. The lowest BCUT2D eigenvalue weighted by molar-refractivity contribution is -0.384. The Kier molecular flexibility index (Phi) is 4.62. The number of hydrogen-bond donors (Lipinski definition) is 0. The largest absolute Gasteiger partial charge is 0.289 e. The highest BCUT2D eigenvalue weighted by atomic mass is 16.6. The van der Waals surface area contributed by atoms with Gasteiger partial charge in [0.05, 0.1) is 4.92 Å². The van der Waals surface area contributed by atoms with E-state index in [0.717, 1.165) is 5.56 Å². The van der Waals surface area contributed by atoms with E-state index in [-0.39, 0.29) is 17.0 Å². The zero-order valence-corrected chi connectivity index (χ0v) is 11.0. The van der Waals surface area contributed by atoms with Crippen LogP contribution in [0.4, 0.5) is 5.69 Å². The molecule has 0 aliphatic carbocycles. The van der Waals surface area contributed by atoms with E-state index in [4.69, 9.17) is 0 Å².